The Kier molecular flexibility index (Phi) is 6.43. The van der Waals surface area contributed by atoms with Gasteiger partial charge in [0.1, 0.15) is 5.65 Å². The van der Waals surface area contributed by atoms with Crippen molar-refractivity contribution < 1.29 is 12.8 Å². The minimum atomic E-state index is -3.13. The fraction of sp³-hybridized carbons (Fsp3) is 0.476. The largest absolute Gasteiger partial charge is 0.364 e. The molecule has 1 saturated carbocycles. The Hall–Kier alpha value is -2.26. The van der Waals surface area contributed by atoms with Crippen molar-refractivity contribution in [2.75, 3.05) is 16.8 Å². The van der Waals surface area contributed by atoms with Gasteiger partial charge >= 0.3 is 0 Å². The molecule has 3 heterocycles. The van der Waals surface area contributed by atoms with Crippen molar-refractivity contribution in [3.8, 4) is 11.4 Å². The molecule has 3 aromatic heterocycles. The molecule has 0 radical (unpaired) electrons. The Balaban J connectivity index is 1.61. The highest BCUT2D eigenvalue weighted by atomic mass is 35.5. The first-order valence-electron chi connectivity index (χ1n) is 10.5. The third-order valence-corrected chi connectivity index (χ3v) is 7.87. The van der Waals surface area contributed by atoms with Crippen LogP contribution in [-0.4, -0.2) is 45.9 Å². The minimum absolute atomic E-state index is 0.0702. The first kappa shape index (κ1) is 22.0. The van der Waals surface area contributed by atoms with Crippen LogP contribution in [0, 0.1) is 11.7 Å². The van der Waals surface area contributed by atoms with Crippen LogP contribution >= 0.6 is 11.6 Å². The third-order valence-electron chi connectivity index (χ3n) is 5.70. The van der Waals surface area contributed by atoms with E-state index in [0.29, 0.717) is 28.5 Å². The highest BCUT2D eigenvalue weighted by molar-refractivity contribution is 7.91. The molecule has 0 amide bonds. The van der Waals surface area contributed by atoms with Crippen LogP contribution < -0.4 is 5.32 Å². The molecule has 2 atom stereocenters. The molecule has 3 aromatic rings. The maximum atomic E-state index is 14.6. The number of nitrogens with one attached hydrogen (secondary N) is 2. The van der Waals surface area contributed by atoms with Crippen molar-refractivity contribution in [2.45, 2.75) is 45.1 Å². The van der Waals surface area contributed by atoms with E-state index in [9.17, 15) is 12.8 Å². The van der Waals surface area contributed by atoms with Gasteiger partial charge in [0.15, 0.2) is 27.3 Å². The number of pyridine rings is 1. The average Bonchev–Trinajstić information content (AvgIpc) is 3.14. The van der Waals surface area contributed by atoms with Crippen LogP contribution in [-0.2, 0) is 9.84 Å². The summed E-state index contributed by atoms with van der Waals surface area (Å²) in [5.74, 6) is 0.0772. The van der Waals surface area contributed by atoms with E-state index < -0.39 is 15.7 Å². The van der Waals surface area contributed by atoms with Gasteiger partial charge in [0.2, 0.25) is 0 Å². The molecule has 166 valence electrons. The van der Waals surface area contributed by atoms with Crippen molar-refractivity contribution in [3.05, 3.63) is 35.5 Å². The van der Waals surface area contributed by atoms with Crippen molar-refractivity contribution in [2.24, 2.45) is 5.92 Å². The molecule has 4 rings (SSSR count). The molecular formula is C21H25ClFN5O2S. The summed E-state index contributed by atoms with van der Waals surface area (Å²) in [6.45, 7) is 1.86. The predicted octanol–water partition coefficient (Wildman–Crippen LogP) is 4.61. The molecule has 0 spiro atoms. The van der Waals surface area contributed by atoms with E-state index in [1.807, 2.05) is 6.92 Å². The molecule has 0 aromatic carbocycles. The van der Waals surface area contributed by atoms with Crippen LogP contribution in [0.25, 0.3) is 22.4 Å². The highest BCUT2D eigenvalue weighted by Crippen LogP contribution is 2.31. The number of H-pyrrole nitrogens is 1. The number of halogens is 2. The van der Waals surface area contributed by atoms with Crippen molar-refractivity contribution in [3.63, 3.8) is 0 Å². The molecule has 0 bridgehead atoms. The van der Waals surface area contributed by atoms with E-state index in [4.69, 9.17) is 11.6 Å². The zero-order valence-corrected chi connectivity index (χ0v) is 18.8. The van der Waals surface area contributed by atoms with Crippen molar-refractivity contribution >= 4 is 38.3 Å². The molecule has 1 aliphatic rings. The van der Waals surface area contributed by atoms with Crippen LogP contribution in [0.2, 0.25) is 5.02 Å². The number of sulfone groups is 1. The Morgan fingerprint density at radius 2 is 2.06 bits per heavy atom. The summed E-state index contributed by atoms with van der Waals surface area (Å²) in [6, 6.07) is 1.60. The van der Waals surface area contributed by atoms with Crippen molar-refractivity contribution in [1.82, 2.24) is 19.9 Å². The van der Waals surface area contributed by atoms with Gasteiger partial charge in [-0.1, -0.05) is 31.4 Å². The second-order valence-corrected chi connectivity index (χ2v) is 10.7. The van der Waals surface area contributed by atoms with E-state index in [-0.39, 0.29) is 29.3 Å². The summed E-state index contributed by atoms with van der Waals surface area (Å²) in [7, 11) is -3.13. The summed E-state index contributed by atoms with van der Waals surface area (Å²) in [4.78, 5) is 15.8. The van der Waals surface area contributed by atoms with E-state index in [1.165, 1.54) is 0 Å². The molecule has 7 nitrogen and oxygen atoms in total. The van der Waals surface area contributed by atoms with Gasteiger partial charge in [-0.15, -0.1) is 0 Å². The average molecular weight is 466 g/mol. The summed E-state index contributed by atoms with van der Waals surface area (Å²) in [5.41, 5.74) is 1.30. The molecular weight excluding hydrogens is 441 g/mol. The lowest BCUT2D eigenvalue weighted by Crippen LogP contribution is -2.37. The summed E-state index contributed by atoms with van der Waals surface area (Å²) in [5, 5.41) is 4.40. The van der Waals surface area contributed by atoms with E-state index in [1.54, 1.807) is 18.5 Å². The van der Waals surface area contributed by atoms with Crippen LogP contribution in [0.15, 0.2) is 24.7 Å². The monoisotopic (exact) mass is 465 g/mol. The van der Waals surface area contributed by atoms with Gasteiger partial charge in [0.25, 0.3) is 0 Å². The lowest BCUT2D eigenvalue weighted by Gasteiger charge is -2.32. The smallest absolute Gasteiger partial charge is 0.183 e. The van der Waals surface area contributed by atoms with Crippen molar-refractivity contribution in [1.29, 1.82) is 0 Å². The van der Waals surface area contributed by atoms with Crippen LogP contribution in [0.1, 0.15) is 39.0 Å². The Morgan fingerprint density at radius 1 is 1.26 bits per heavy atom. The van der Waals surface area contributed by atoms with E-state index >= 15 is 0 Å². The molecule has 10 heteroatoms. The summed E-state index contributed by atoms with van der Waals surface area (Å²) >= 11 is 6.07. The van der Waals surface area contributed by atoms with Gasteiger partial charge in [0.05, 0.1) is 17.0 Å². The molecule has 2 N–H and O–H groups in total. The van der Waals surface area contributed by atoms with Gasteiger partial charge in [-0.3, -0.25) is 0 Å². The van der Waals surface area contributed by atoms with E-state index in [2.05, 4.69) is 25.3 Å². The predicted molar refractivity (Wildman–Crippen MR) is 120 cm³/mol. The number of fused-ring (bicyclic) bond motifs is 1. The summed E-state index contributed by atoms with van der Waals surface area (Å²) in [6.07, 6.45) is 8.50. The number of aromatic amines is 1. The zero-order valence-electron chi connectivity index (χ0n) is 17.2. The lowest BCUT2D eigenvalue weighted by atomic mass is 9.86. The third kappa shape index (κ3) is 4.98. The maximum absolute atomic E-state index is 14.6. The van der Waals surface area contributed by atoms with Gasteiger partial charge in [0, 0.05) is 35.1 Å². The zero-order chi connectivity index (χ0) is 22.0. The normalized spacial score (nSPS) is 19.6. The first-order chi connectivity index (χ1) is 14.9. The Labute approximate surface area is 185 Å². The first-order valence-corrected chi connectivity index (χ1v) is 12.7. The number of hydrogen-bond acceptors (Lipinski definition) is 6. The standard InChI is InChI=1S/C21H25ClFN5O2S/c1-2-7-31(29,30)12-13-5-3-4-6-18(13)27-21-17(23)11-26-20(28-21)16-10-25-19-15(16)8-14(22)9-24-19/h8-11,13,18H,2-7,12H2,1H3,(H,24,25)(H,26,27,28). The molecule has 0 saturated heterocycles. The topological polar surface area (TPSA) is 101 Å². The van der Waals surface area contributed by atoms with Crippen LogP contribution in [0.3, 0.4) is 0 Å². The van der Waals surface area contributed by atoms with Gasteiger partial charge in [-0.05, 0) is 31.2 Å². The number of anilines is 1. The number of nitrogens with zero attached hydrogens (tertiary/aromatic N) is 3. The second kappa shape index (κ2) is 9.08. The Bertz CT molecular complexity index is 1180. The molecule has 2 unspecified atom stereocenters. The fourth-order valence-electron chi connectivity index (χ4n) is 4.25. The minimum Gasteiger partial charge on any atom is -0.364 e. The lowest BCUT2D eigenvalue weighted by molar-refractivity contribution is 0.348. The molecule has 31 heavy (non-hydrogen) atoms. The van der Waals surface area contributed by atoms with E-state index in [0.717, 1.165) is 37.3 Å². The molecule has 1 fully saturated rings. The molecule has 1 aliphatic carbocycles. The second-order valence-electron chi connectivity index (χ2n) is 8.05. The van der Waals surface area contributed by atoms with Crippen LogP contribution in [0.5, 0.6) is 0 Å². The van der Waals surface area contributed by atoms with Gasteiger partial charge in [-0.25, -0.2) is 27.8 Å². The Morgan fingerprint density at radius 3 is 2.87 bits per heavy atom. The highest BCUT2D eigenvalue weighted by Gasteiger charge is 2.30. The SMILES string of the molecule is CCCS(=O)(=O)CC1CCCCC1Nc1nc(-c2c[nH]c3ncc(Cl)cc23)ncc1F. The maximum Gasteiger partial charge on any atom is 0.183 e. The number of rotatable bonds is 7. The quantitative estimate of drug-likeness (QED) is 0.528. The fourth-order valence-corrected chi connectivity index (χ4v) is 6.25. The molecule has 0 aliphatic heterocycles. The van der Waals surface area contributed by atoms with Gasteiger partial charge in [-0.2, -0.15) is 0 Å². The number of aromatic nitrogens is 4. The van der Waals surface area contributed by atoms with Gasteiger partial charge < -0.3 is 10.3 Å². The van der Waals surface area contributed by atoms with Crippen LogP contribution in [0.4, 0.5) is 10.2 Å². The number of hydrogen-bond donors (Lipinski definition) is 2. The summed E-state index contributed by atoms with van der Waals surface area (Å²) < 4.78 is 39.3.